The summed E-state index contributed by atoms with van der Waals surface area (Å²) in [6.07, 6.45) is 3.32. The van der Waals surface area contributed by atoms with E-state index in [0.29, 0.717) is 37.1 Å². The first kappa shape index (κ1) is 17.0. The maximum Gasteiger partial charge on any atom is 0.314 e. The molecule has 2 aromatic rings. The van der Waals surface area contributed by atoms with Crippen molar-refractivity contribution in [1.82, 2.24) is 14.9 Å². The van der Waals surface area contributed by atoms with Gasteiger partial charge in [-0.2, -0.15) is 0 Å². The van der Waals surface area contributed by atoms with Crippen LogP contribution in [0.2, 0.25) is 5.02 Å². The number of anilines is 2. The molecule has 1 aromatic carbocycles. The molecule has 0 atom stereocenters. The van der Waals surface area contributed by atoms with E-state index < -0.39 is 11.8 Å². The summed E-state index contributed by atoms with van der Waals surface area (Å²) in [5.74, 6) is -1.03. The van der Waals surface area contributed by atoms with Crippen molar-refractivity contribution in [2.24, 2.45) is 0 Å². The number of nitrogens with one attached hydrogen (secondary N) is 1. The zero-order valence-corrected chi connectivity index (χ0v) is 14.0. The molecule has 25 heavy (non-hydrogen) atoms. The molecule has 1 saturated heterocycles. The van der Waals surface area contributed by atoms with Gasteiger partial charge in [0.15, 0.2) is 0 Å². The summed E-state index contributed by atoms with van der Waals surface area (Å²) in [5, 5.41) is 12.5. The number of aromatic nitrogens is 2. The number of carbonyl (C=O) groups is 2. The second-order valence-electron chi connectivity index (χ2n) is 5.44. The van der Waals surface area contributed by atoms with Crippen LogP contribution >= 0.6 is 11.6 Å². The molecule has 0 unspecified atom stereocenters. The number of hydrogen-bond donors (Lipinski definition) is 2. The van der Waals surface area contributed by atoms with Gasteiger partial charge in [0, 0.05) is 43.6 Å². The van der Waals surface area contributed by atoms with Crippen LogP contribution in [0.15, 0.2) is 36.7 Å². The molecule has 3 rings (SSSR count). The molecule has 0 bridgehead atoms. The van der Waals surface area contributed by atoms with Crippen LogP contribution in [0, 0.1) is 0 Å². The third kappa shape index (κ3) is 3.97. The highest BCUT2D eigenvalue weighted by atomic mass is 35.5. The first-order valence-electron chi connectivity index (χ1n) is 7.65. The smallest absolute Gasteiger partial charge is 0.314 e. The quantitative estimate of drug-likeness (QED) is 0.614. The van der Waals surface area contributed by atoms with E-state index in [0.717, 1.165) is 0 Å². The Morgan fingerprint density at radius 1 is 1.12 bits per heavy atom. The minimum absolute atomic E-state index is 0.0992. The lowest BCUT2D eigenvalue weighted by Crippen LogP contribution is -2.52. The molecule has 1 aromatic heterocycles. The molecule has 2 amide bonds. The minimum Gasteiger partial charge on any atom is -0.506 e. The zero-order valence-electron chi connectivity index (χ0n) is 13.2. The fraction of sp³-hybridized carbons (Fsp3) is 0.250. The average Bonchev–Trinajstić information content (AvgIpc) is 2.65. The van der Waals surface area contributed by atoms with E-state index in [1.54, 1.807) is 18.5 Å². The Kier molecular flexibility index (Phi) is 4.99. The Morgan fingerprint density at radius 2 is 1.80 bits per heavy atom. The van der Waals surface area contributed by atoms with Crippen LogP contribution in [-0.2, 0) is 9.59 Å². The topological polar surface area (TPSA) is 98.7 Å². The molecule has 2 heterocycles. The van der Waals surface area contributed by atoms with E-state index in [1.165, 1.54) is 23.1 Å². The monoisotopic (exact) mass is 361 g/mol. The van der Waals surface area contributed by atoms with Crippen molar-refractivity contribution in [3.05, 3.63) is 41.7 Å². The number of rotatable bonds is 2. The Morgan fingerprint density at radius 3 is 2.48 bits per heavy atom. The first-order valence-corrected chi connectivity index (χ1v) is 8.03. The summed E-state index contributed by atoms with van der Waals surface area (Å²) < 4.78 is 0. The number of phenolic OH excluding ortho intramolecular Hbond substituents is 1. The number of hydrogen-bond acceptors (Lipinski definition) is 6. The van der Waals surface area contributed by atoms with Gasteiger partial charge >= 0.3 is 11.8 Å². The molecule has 1 aliphatic heterocycles. The number of benzene rings is 1. The lowest BCUT2D eigenvalue weighted by molar-refractivity contribution is -0.143. The second-order valence-corrected chi connectivity index (χ2v) is 5.88. The Balaban J connectivity index is 1.58. The van der Waals surface area contributed by atoms with Gasteiger partial charge in [-0.3, -0.25) is 9.59 Å². The summed E-state index contributed by atoms with van der Waals surface area (Å²) in [7, 11) is 0. The van der Waals surface area contributed by atoms with Gasteiger partial charge in [-0.15, -0.1) is 0 Å². The third-order valence-electron chi connectivity index (χ3n) is 3.80. The number of amides is 2. The van der Waals surface area contributed by atoms with E-state index in [9.17, 15) is 14.7 Å². The molecule has 9 heteroatoms. The van der Waals surface area contributed by atoms with Gasteiger partial charge in [0.2, 0.25) is 5.95 Å². The van der Waals surface area contributed by atoms with Crippen LogP contribution in [-0.4, -0.2) is 58.0 Å². The molecule has 1 aliphatic rings. The maximum absolute atomic E-state index is 12.3. The van der Waals surface area contributed by atoms with Crippen LogP contribution in [0.5, 0.6) is 5.75 Å². The third-order valence-corrected chi connectivity index (χ3v) is 4.04. The van der Waals surface area contributed by atoms with Crippen molar-refractivity contribution in [2.75, 3.05) is 36.4 Å². The summed E-state index contributed by atoms with van der Waals surface area (Å²) in [4.78, 5) is 36.2. The average molecular weight is 362 g/mol. The van der Waals surface area contributed by atoms with Crippen molar-refractivity contribution >= 4 is 35.1 Å². The lowest BCUT2D eigenvalue weighted by atomic mass is 10.2. The number of piperazine rings is 1. The SMILES string of the molecule is O=C(Nc1cc(Cl)ccc1O)C(=O)N1CCN(c2ncccn2)CC1. The van der Waals surface area contributed by atoms with Gasteiger partial charge in [-0.05, 0) is 24.3 Å². The normalized spacial score (nSPS) is 14.3. The van der Waals surface area contributed by atoms with Gasteiger partial charge < -0.3 is 20.2 Å². The van der Waals surface area contributed by atoms with Crippen LogP contribution < -0.4 is 10.2 Å². The summed E-state index contributed by atoms with van der Waals surface area (Å²) in [6.45, 7) is 1.83. The Hall–Kier alpha value is -2.87. The van der Waals surface area contributed by atoms with Crippen LogP contribution in [0.4, 0.5) is 11.6 Å². The van der Waals surface area contributed by atoms with Crippen molar-refractivity contribution in [3.63, 3.8) is 0 Å². The number of halogens is 1. The molecule has 8 nitrogen and oxygen atoms in total. The lowest BCUT2D eigenvalue weighted by Gasteiger charge is -2.34. The van der Waals surface area contributed by atoms with Crippen molar-refractivity contribution in [2.45, 2.75) is 0 Å². The predicted molar refractivity (Wildman–Crippen MR) is 92.6 cm³/mol. The van der Waals surface area contributed by atoms with Crippen LogP contribution in [0.3, 0.4) is 0 Å². The highest BCUT2D eigenvalue weighted by Gasteiger charge is 2.27. The van der Waals surface area contributed by atoms with Gasteiger partial charge in [0.05, 0.1) is 5.69 Å². The number of phenols is 1. The minimum atomic E-state index is -0.818. The summed E-state index contributed by atoms with van der Waals surface area (Å²) >= 11 is 5.83. The highest BCUT2D eigenvalue weighted by molar-refractivity contribution is 6.40. The molecular weight excluding hydrogens is 346 g/mol. The van der Waals surface area contributed by atoms with Crippen molar-refractivity contribution in [3.8, 4) is 5.75 Å². The Labute approximate surface area is 149 Å². The molecular formula is C16H16ClN5O3. The largest absolute Gasteiger partial charge is 0.506 e. The molecule has 2 N–H and O–H groups in total. The maximum atomic E-state index is 12.3. The molecule has 130 valence electrons. The fourth-order valence-electron chi connectivity index (χ4n) is 2.49. The highest BCUT2D eigenvalue weighted by Crippen LogP contribution is 2.26. The first-order chi connectivity index (χ1) is 12.0. The summed E-state index contributed by atoms with van der Waals surface area (Å²) in [6, 6.07) is 5.95. The van der Waals surface area contributed by atoms with Crippen molar-refractivity contribution in [1.29, 1.82) is 0 Å². The molecule has 0 saturated carbocycles. The Bertz CT molecular complexity index is 779. The van der Waals surface area contributed by atoms with Gasteiger partial charge in [0.1, 0.15) is 5.75 Å². The van der Waals surface area contributed by atoms with Gasteiger partial charge in [0.25, 0.3) is 0 Å². The van der Waals surface area contributed by atoms with Gasteiger partial charge in [-0.1, -0.05) is 11.6 Å². The van der Waals surface area contributed by atoms with E-state index in [4.69, 9.17) is 11.6 Å². The van der Waals surface area contributed by atoms with Crippen molar-refractivity contribution < 1.29 is 14.7 Å². The van der Waals surface area contributed by atoms with E-state index >= 15 is 0 Å². The molecule has 0 aliphatic carbocycles. The fourth-order valence-corrected chi connectivity index (χ4v) is 2.66. The number of aromatic hydroxyl groups is 1. The van der Waals surface area contributed by atoms with E-state index in [2.05, 4.69) is 15.3 Å². The second kappa shape index (κ2) is 7.35. The van der Waals surface area contributed by atoms with Crippen LogP contribution in [0.25, 0.3) is 0 Å². The molecule has 0 spiro atoms. The summed E-state index contributed by atoms with van der Waals surface area (Å²) in [5.41, 5.74) is 0.0992. The van der Waals surface area contributed by atoms with E-state index in [-0.39, 0.29) is 11.4 Å². The number of nitrogens with zero attached hydrogens (tertiary/aromatic N) is 4. The predicted octanol–water partition coefficient (Wildman–Crippen LogP) is 1.12. The van der Waals surface area contributed by atoms with E-state index in [1.807, 2.05) is 4.90 Å². The standard InChI is InChI=1S/C16H16ClN5O3/c17-11-2-3-13(23)12(10-11)20-14(24)15(25)21-6-8-22(9-7-21)16-18-4-1-5-19-16/h1-5,10,23H,6-9H2,(H,20,24). The van der Waals surface area contributed by atoms with Gasteiger partial charge in [-0.25, -0.2) is 9.97 Å². The molecule has 0 radical (unpaired) electrons. The number of carbonyl (C=O) groups excluding carboxylic acids is 2. The molecule has 1 fully saturated rings. The zero-order chi connectivity index (χ0) is 17.8. The van der Waals surface area contributed by atoms with Crippen LogP contribution in [0.1, 0.15) is 0 Å².